The summed E-state index contributed by atoms with van der Waals surface area (Å²) < 4.78 is 9.93. The minimum absolute atomic E-state index is 0.0639. The van der Waals surface area contributed by atoms with Crippen LogP contribution in [-0.2, 0) is 20.9 Å². The summed E-state index contributed by atoms with van der Waals surface area (Å²) in [5.41, 5.74) is 2.67. The first-order chi connectivity index (χ1) is 14.0. The van der Waals surface area contributed by atoms with Crippen molar-refractivity contribution in [1.82, 2.24) is 0 Å². The molecule has 150 valence electrons. The third-order valence-corrected chi connectivity index (χ3v) is 4.66. The van der Waals surface area contributed by atoms with Gasteiger partial charge in [0, 0.05) is 5.71 Å². The second-order valence-electron chi connectivity index (χ2n) is 6.57. The molecule has 2 aromatic carbocycles. The van der Waals surface area contributed by atoms with Crippen LogP contribution < -0.4 is 9.75 Å². The summed E-state index contributed by atoms with van der Waals surface area (Å²) >= 11 is 0. The second kappa shape index (κ2) is 9.14. The zero-order valence-corrected chi connectivity index (χ0v) is 16.7. The van der Waals surface area contributed by atoms with Gasteiger partial charge < -0.3 is 9.47 Å². The molecule has 1 heterocycles. The van der Waals surface area contributed by atoms with Crippen LogP contribution in [0.4, 0.5) is 5.69 Å². The first kappa shape index (κ1) is 20.3. The topological polar surface area (TPSA) is 80.6 Å². The third-order valence-electron chi connectivity index (χ3n) is 4.66. The quantitative estimate of drug-likeness (QED) is 0.534. The van der Waals surface area contributed by atoms with Crippen LogP contribution in [0.5, 0.6) is 5.75 Å². The van der Waals surface area contributed by atoms with Gasteiger partial charge in [-0.2, -0.15) is 10.1 Å². The Morgan fingerprint density at radius 1 is 1.10 bits per heavy atom. The summed E-state index contributed by atoms with van der Waals surface area (Å²) in [6.45, 7) is 2.20. The van der Waals surface area contributed by atoms with Gasteiger partial charge in [-0.25, -0.2) is 0 Å². The predicted molar refractivity (Wildman–Crippen MR) is 111 cm³/mol. The molecule has 1 unspecified atom stereocenters. The molecule has 3 rings (SSSR count). The summed E-state index contributed by atoms with van der Waals surface area (Å²) in [5.74, 6) is -0.593. The van der Waals surface area contributed by atoms with Crippen molar-refractivity contribution in [1.29, 1.82) is 0 Å². The molecule has 2 aromatic rings. The number of para-hydroxylation sites is 1. The van der Waals surface area contributed by atoms with E-state index in [9.17, 15) is 9.59 Å². The largest absolute Gasteiger partial charge is 0.497 e. The van der Waals surface area contributed by atoms with Crippen LogP contribution in [0.15, 0.2) is 64.7 Å². The van der Waals surface area contributed by atoms with Crippen LogP contribution in [0.1, 0.15) is 18.9 Å². The SMILES string of the molecule is COC(=O)CC1=NN(c2ccccc2)C(=O)C1C(C)=NCc1ccc(OC)cc1. The fourth-order valence-corrected chi connectivity index (χ4v) is 3.07. The molecule has 7 nitrogen and oxygen atoms in total. The lowest BCUT2D eigenvalue weighted by atomic mass is 9.96. The van der Waals surface area contributed by atoms with Gasteiger partial charge in [0.05, 0.1) is 38.6 Å². The summed E-state index contributed by atoms with van der Waals surface area (Å²) in [6.07, 6.45) is -0.0639. The number of anilines is 1. The number of carbonyl (C=O) groups is 2. The van der Waals surface area contributed by atoms with Crippen LogP contribution in [0.25, 0.3) is 0 Å². The highest BCUT2D eigenvalue weighted by molar-refractivity contribution is 6.30. The van der Waals surface area contributed by atoms with E-state index in [4.69, 9.17) is 9.47 Å². The summed E-state index contributed by atoms with van der Waals surface area (Å²) in [5, 5.41) is 5.74. The Morgan fingerprint density at radius 3 is 2.41 bits per heavy atom. The molecular weight excluding hydrogens is 370 g/mol. The molecule has 0 aromatic heterocycles. The molecule has 0 aliphatic carbocycles. The Kier molecular flexibility index (Phi) is 6.39. The minimum atomic E-state index is -0.687. The van der Waals surface area contributed by atoms with E-state index in [1.807, 2.05) is 42.5 Å². The van der Waals surface area contributed by atoms with Crippen molar-refractivity contribution in [2.45, 2.75) is 19.9 Å². The Morgan fingerprint density at radius 2 is 1.79 bits per heavy atom. The van der Waals surface area contributed by atoms with Crippen LogP contribution in [0.2, 0.25) is 0 Å². The van der Waals surface area contributed by atoms with Crippen LogP contribution >= 0.6 is 0 Å². The number of carbonyl (C=O) groups excluding carboxylic acids is 2. The lowest BCUT2D eigenvalue weighted by Gasteiger charge is -2.14. The molecule has 0 N–H and O–H groups in total. The van der Waals surface area contributed by atoms with Gasteiger partial charge in [-0.15, -0.1) is 0 Å². The lowest BCUT2D eigenvalue weighted by Crippen LogP contribution is -2.33. The van der Waals surface area contributed by atoms with Crippen molar-refractivity contribution >= 4 is 29.0 Å². The molecule has 29 heavy (non-hydrogen) atoms. The molecule has 0 fully saturated rings. The van der Waals surface area contributed by atoms with Crippen LogP contribution in [0, 0.1) is 5.92 Å². The molecule has 0 bridgehead atoms. The number of benzene rings is 2. The van der Waals surface area contributed by atoms with E-state index in [2.05, 4.69) is 10.1 Å². The van der Waals surface area contributed by atoms with Gasteiger partial charge in [0.15, 0.2) is 0 Å². The highest BCUT2D eigenvalue weighted by Gasteiger charge is 2.39. The molecule has 0 radical (unpaired) electrons. The van der Waals surface area contributed by atoms with Crippen molar-refractivity contribution in [2.75, 3.05) is 19.2 Å². The second-order valence-corrected chi connectivity index (χ2v) is 6.57. The van der Waals surface area contributed by atoms with E-state index in [0.717, 1.165) is 11.3 Å². The number of aliphatic imine (C=N–C) groups is 1. The number of methoxy groups -OCH3 is 2. The van der Waals surface area contributed by atoms with Gasteiger partial charge in [-0.05, 0) is 36.8 Å². The summed E-state index contributed by atoms with van der Waals surface area (Å²) in [7, 11) is 2.93. The zero-order valence-electron chi connectivity index (χ0n) is 16.7. The highest BCUT2D eigenvalue weighted by Crippen LogP contribution is 2.26. The van der Waals surface area contributed by atoms with E-state index >= 15 is 0 Å². The summed E-state index contributed by atoms with van der Waals surface area (Å²) in [4.78, 5) is 29.5. The lowest BCUT2D eigenvalue weighted by molar-refractivity contribution is -0.139. The maximum Gasteiger partial charge on any atom is 0.311 e. The number of rotatable bonds is 7. The van der Waals surface area contributed by atoms with Gasteiger partial charge in [0.2, 0.25) is 0 Å². The van der Waals surface area contributed by atoms with E-state index in [-0.39, 0.29) is 12.3 Å². The standard InChI is InChI=1S/C22H23N3O4/c1-15(23-14-16-9-11-18(28-2)12-10-16)21-19(13-20(26)29-3)24-25(22(21)27)17-7-5-4-6-8-17/h4-12,21H,13-14H2,1-3H3. The Balaban J connectivity index is 1.84. The number of amides is 1. The Labute approximate surface area is 169 Å². The zero-order chi connectivity index (χ0) is 20.8. The molecule has 1 aliphatic heterocycles. The number of esters is 1. The number of nitrogens with zero attached hydrogens (tertiary/aromatic N) is 3. The van der Waals surface area contributed by atoms with Crippen molar-refractivity contribution < 1.29 is 19.1 Å². The average molecular weight is 393 g/mol. The number of hydrogen-bond acceptors (Lipinski definition) is 6. The van der Waals surface area contributed by atoms with Crippen molar-refractivity contribution in [3.05, 3.63) is 60.2 Å². The predicted octanol–water partition coefficient (Wildman–Crippen LogP) is 3.24. The van der Waals surface area contributed by atoms with Crippen LogP contribution in [-0.4, -0.2) is 37.5 Å². The van der Waals surface area contributed by atoms with Gasteiger partial charge in [0.1, 0.15) is 11.7 Å². The van der Waals surface area contributed by atoms with Crippen molar-refractivity contribution in [2.24, 2.45) is 16.0 Å². The normalized spacial score (nSPS) is 16.6. The molecule has 0 saturated carbocycles. The first-order valence-corrected chi connectivity index (χ1v) is 9.20. The smallest absolute Gasteiger partial charge is 0.311 e. The fraction of sp³-hybridized carbons (Fsp3) is 0.273. The van der Waals surface area contributed by atoms with E-state index in [1.54, 1.807) is 26.2 Å². The number of hydrogen-bond donors (Lipinski definition) is 0. The monoisotopic (exact) mass is 393 g/mol. The van der Waals surface area contributed by atoms with Crippen molar-refractivity contribution in [3.63, 3.8) is 0 Å². The van der Waals surface area contributed by atoms with Crippen molar-refractivity contribution in [3.8, 4) is 5.75 Å². The Bertz CT molecular complexity index is 936. The van der Waals surface area contributed by atoms with Gasteiger partial charge in [-0.3, -0.25) is 14.6 Å². The van der Waals surface area contributed by atoms with E-state index in [1.165, 1.54) is 12.1 Å². The van der Waals surface area contributed by atoms with Gasteiger partial charge in [-0.1, -0.05) is 30.3 Å². The summed E-state index contributed by atoms with van der Waals surface area (Å²) in [6, 6.07) is 16.7. The van der Waals surface area contributed by atoms with Gasteiger partial charge in [0.25, 0.3) is 5.91 Å². The molecule has 1 amide bonds. The maximum atomic E-state index is 13.1. The van der Waals surface area contributed by atoms with E-state index in [0.29, 0.717) is 23.7 Å². The number of hydrazone groups is 1. The average Bonchev–Trinajstić information content (AvgIpc) is 3.08. The molecular formula is C22H23N3O4. The molecule has 0 saturated heterocycles. The Hall–Kier alpha value is -3.48. The third kappa shape index (κ3) is 4.68. The van der Waals surface area contributed by atoms with Gasteiger partial charge >= 0.3 is 5.97 Å². The molecule has 7 heteroatoms. The number of ether oxygens (including phenoxy) is 2. The maximum absolute atomic E-state index is 13.1. The first-order valence-electron chi connectivity index (χ1n) is 9.20. The van der Waals surface area contributed by atoms with Crippen LogP contribution in [0.3, 0.4) is 0 Å². The molecule has 1 atom stereocenters. The fourth-order valence-electron chi connectivity index (χ4n) is 3.07. The minimum Gasteiger partial charge on any atom is -0.497 e. The van der Waals surface area contributed by atoms with E-state index < -0.39 is 11.9 Å². The highest BCUT2D eigenvalue weighted by atomic mass is 16.5. The molecule has 1 aliphatic rings. The molecule has 0 spiro atoms.